The molecule has 1 N–H and O–H groups in total. The summed E-state index contributed by atoms with van der Waals surface area (Å²) in [6.07, 6.45) is 8.77. The Morgan fingerprint density at radius 2 is 1.70 bits per heavy atom. The van der Waals surface area contributed by atoms with Crippen LogP contribution >= 0.6 is 23.2 Å². The molecule has 1 aromatic carbocycles. The van der Waals surface area contributed by atoms with Gasteiger partial charge in [0.2, 0.25) is 0 Å². The SMILES string of the molecule is C[C@H](NCc1ccc(-c2ccc(Cl)cc2Cl)o1)C12CC3CC(CC(C3)C1)C2. The number of rotatable bonds is 5. The van der Waals surface area contributed by atoms with Crippen molar-refractivity contribution < 1.29 is 4.42 Å². The predicted octanol–water partition coefficient (Wildman–Crippen LogP) is 6.95. The maximum absolute atomic E-state index is 6.32. The van der Waals surface area contributed by atoms with Crippen molar-refractivity contribution in [2.75, 3.05) is 0 Å². The Hall–Kier alpha value is -0.960. The van der Waals surface area contributed by atoms with Crippen LogP contribution in [-0.4, -0.2) is 6.04 Å². The molecule has 4 bridgehead atoms. The third kappa shape index (κ3) is 3.34. The average Bonchev–Trinajstić information content (AvgIpc) is 3.07. The zero-order chi connectivity index (χ0) is 18.6. The van der Waals surface area contributed by atoms with Crippen molar-refractivity contribution in [1.82, 2.24) is 5.32 Å². The van der Waals surface area contributed by atoms with Crippen LogP contribution in [0.15, 0.2) is 34.7 Å². The molecule has 1 atom stereocenters. The number of hydrogen-bond donors (Lipinski definition) is 1. The molecule has 4 heteroatoms. The van der Waals surface area contributed by atoms with Gasteiger partial charge in [-0.2, -0.15) is 0 Å². The van der Waals surface area contributed by atoms with Crippen molar-refractivity contribution in [2.24, 2.45) is 23.2 Å². The van der Waals surface area contributed by atoms with E-state index in [4.69, 9.17) is 27.6 Å². The molecule has 1 heterocycles. The van der Waals surface area contributed by atoms with Gasteiger partial charge in [0.25, 0.3) is 0 Å². The van der Waals surface area contributed by atoms with Crippen LogP contribution in [0.4, 0.5) is 0 Å². The Morgan fingerprint density at radius 3 is 2.33 bits per heavy atom. The lowest BCUT2D eigenvalue weighted by atomic mass is 9.48. The van der Waals surface area contributed by atoms with Crippen LogP contribution < -0.4 is 5.32 Å². The topological polar surface area (TPSA) is 25.2 Å². The summed E-state index contributed by atoms with van der Waals surface area (Å²) in [5.74, 6) is 4.73. The van der Waals surface area contributed by atoms with Gasteiger partial charge in [0.05, 0.1) is 11.6 Å². The third-order valence-electron chi connectivity index (χ3n) is 7.44. The van der Waals surface area contributed by atoms with Gasteiger partial charge >= 0.3 is 0 Å². The molecular formula is C23H27Cl2NO. The molecule has 0 aliphatic heterocycles. The van der Waals surface area contributed by atoms with Gasteiger partial charge in [-0.3, -0.25) is 0 Å². The van der Waals surface area contributed by atoms with Gasteiger partial charge in [0, 0.05) is 16.6 Å². The van der Waals surface area contributed by atoms with Crippen molar-refractivity contribution in [2.45, 2.75) is 58.0 Å². The molecule has 4 aliphatic rings. The highest BCUT2D eigenvalue weighted by atomic mass is 35.5. The van der Waals surface area contributed by atoms with Crippen LogP contribution in [0.3, 0.4) is 0 Å². The fraction of sp³-hybridized carbons (Fsp3) is 0.565. The molecule has 0 saturated heterocycles. The first-order valence-electron chi connectivity index (χ1n) is 10.3. The Kier molecular flexibility index (Phi) is 4.57. The van der Waals surface area contributed by atoms with Crippen molar-refractivity contribution in [1.29, 1.82) is 0 Å². The fourth-order valence-corrected chi connectivity index (χ4v) is 6.99. The van der Waals surface area contributed by atoms with Crippen LogP contribution in [0.5, 0.6) is 0 Å². The maximum atomic E-state index is 6.32. The standard InChI is InChI=1S/C23H27Cl2NO/c1-14(23-10-15-6-16(11-23)8-17(7-15)12-23)26-13-19-3-5-22(27-19)20-4-2-18(24)9-21(20)25/h2-5,9,14-17,26H,6-8,10-13H2,1H3/t14-,15?,16?,17?,23?/m0/s1. The van der Waals surface area contributed by atoms with Crippen molar-refractivity contribution in [3.05, 3.63) is 46.1 Å². The lowest BCUT2D eigenvalue weighted by Crippen LogP contribution is -2.54. The van der Waals surface area contributed by atoms with Crippen LogP contribution in [0.1, 0.15) is 51.2 Å². The van der Waals surface area contributed by atoms with Crippen molar-refractivity contribution in [3.63, 3.8) is 0 Å². The Balaban J connectivity index is 1.26. The lowest BCUT2D eigenvalue weighted by molar-refractivity contribution is -0.0708. The van der Waals surface area contributed by atoms with Gasteiger partial charge in [0.15, 0.2) is 0 Å². The van der Waals surface area contributed by atoms with Gasteiger partial charge < -0.3 is 9.73 Å². The van der Waals surface area contributed by atoms with E-state index in [9.17, 15) is 0 Å². The summed E-state index contributed by atoms with van der Waals surface area (Å²) in [6, 6.07) is 10.1. The average molecular weight is 404 g/mol. The zero-order valence-corrected chi connectivity index (χ0v) is 17.3. The fourth-order valence-electron chi connectivity index (χ4n) is 6.49. The van der Waals surface area contributed by atoms with Gasteiger partial charge in [-0.15, -0.1) is 0 Å². The summed E-state index contributed by atoms with van der Waals surface area (Å²) in [5, 5.41) is 5.06. The minimum atomic E-state index is 0.518. The molecule has 4 aliphatic carbocycles. The van der Waals surface area contributed by atoms with E-state index in [1.807, 2.05) is 18.2 Å². The smallest absolute Gasteiger partial charge is 0.135 e. The number of benzene rings is 1. The molecule has 0 amide bonds. The van der Waals surface area contributed by atoms with E-state index < -0.39 is 0 Å². The summed E-state index contributed by atoms with van der Waals surface area (Å²) < 4.78 is 6.07. The summed E-state index contributed by atoms with van der Waals surface area (Å²) in [4.78, 5) is 0. The normalized spacial score (nSPS) is 32.8. The Labute approximate surface area is 171 Å². The summed E-state index contributed by atoms with van der Waals surface area (Å²) in [7, 11) is 0. The molecule has 0 radical (unpaired) electrons. The third-order valence-corrected chi connectivity index (χ3v) is 7.99. The number of hydrogen-bond acceptors (Lipinski definition) is 2. The molecule has 0 unspecified atom stereocenters. The molecule has 2 aromatic rings. The molecular weight excluding hydrogens is 377 g/mol. The molecule has 1 aromatic heterocycles. The number of halogens is 2. The molecule has 4 fully saturated rings. The van der Waals surface area contributed by atoms with Gasteiger partial charge in [-0.05, 0) is 98.9 Å². The minimum Gasteiger partial charge on any atom is -0.460 e. The van der Waals surface area contributed by atoms with Crippen LogP contribution in [0.25, 0.3) is 11.3 Å². The van der Waals surface area contributed by atoms with Crippen molar-refractivity contribution in [3.8, 4) is 11.3 Å². The maximum Gasteiger partial charge on any atom is 0.135 e. The van der Waals surface area contributed by atoms with E-state index in [0.29, 0.717) is 21.5 Å². The highest BCUT2D eigenvalue weighted by molar-refractivity contribution is 6.36. The second kappa shape index (κ2) is 6.83. The van der Waals surface area contributed by atoms with Gasteiger partial charge in [0.1, 0.15) is 11.5 Å². The second-order valence-corrected chi connectivity index (χ2v) is 10.1. The molecule has 4 saturated carbocycles. The number of furan rings is 1. The van der Waals surface area contributed by atoms with Gasteiger partial charge in [-0.1, -0.05) is 23.2 Å². The highest BCUT2D eigenvalue weighted by Gasteiger charge is 2.52. The molecule has 144 valence electrons. The highest BCUT2D eigenvalue weighted by Crippen LogP contribution is 2.61. The van der Waals surface area contributed by atoms with Crippen molar-refractivity contribution >= 4 is 23.2 Å². The summed E-state index contributed by atoms with van der Waals surface area (Å²) in [6.45, 7) is 3.17. The van der Waals surface area contributed by atoms with E-state index >= 15 is 0 Å². The van der Waals surface area contributed by atoms with E-state index in [-0.39, 0.29) is 0 Å². The first-order valence-corrected chi connectivity index (χ1v) is 11.0. The van der Waals surface area contributed by atoms with E-state index in [0.717, 1.165) is 41.4 Å². The monoisotopic (exact) mass is 403 g/mol. The first-order chi connectivity index (χ1) is 13.0. The molecule has 0 spiro atoms. The van der Waals surface area contributed by atoms with Crippen LogP contribution in [0.2, 0.25) is 10.0 Å². The predicted molar refractivity (Wildman–Crippen MR) is 111 cm³/mol. The van der Waals surface area contributed by atoms with Crippen LogP contribution in [-0.2, 0) is 6.54 Å². The Bertz CT molecular complexity index is 807. The zero-order valence-electron chi connectivity index (χ0n) is 15.8. The number of nitrogens with one attached hydrogen (secondary N) is 1. The molecule has 27 heavy (non-hydrogen) atoms. The minimum absolute atomic E-state index is 0.518. The van der Waals surface area contributed by atoms with E-state index in [2.05, 4.69) is 18.3 Å². The van der Waals surface area contributed by atoms with E-state index in [1.165, 1.54) is 38.5 Å². The first kappa shape index (κ1) is 18.1. The second-order valence-electron chi connectivity index (χ2n) is 9.27. The quantitative estimate of drug-likeness (QED) is 0.583. The van der Waals surface area contributed by atoms with Crippen LogP contribution in [0, 0.1) is 23.2 Å². The lowest BCUT2D eigenvalue weighted by Gasteiger charge is -2.59. The van der Waals surface area contributed by atoms with Gasteiger partial charge in [-0.25, -0.2) is 0 Å². The largest absolute Gasteiger partial charge is 0.460 e. The summed E-state index contributed by atoms with van der Waals surface area (Å²) >= 11 is 12.3. The van der Waals surface area contributed by atoms with E-state index in [1.54, 1.807) is 6.07 Å². The molecule has 6 rings (SSSR count). The summed E-state index contributed by atoms with van der Waals surface area (Å²) in [5.41, 5.74) is 1.41. The molecule has 2 nitrogen and oxygen atoms in total. The Morgan fingerprint density at radius 1 is 1.04 bits per heavy atom.